The highest BCUT2D eigenvalue weighted by atomic mass is 16.5. The van der Waals surface area contributed by atoms with E-state index in [4.69, 9.17) is 25.0 Å². The molecule has 4 aromatic heterocycles. The SMILES string of the molecule is CCO.CCOc1ccc(Cc2c(CC)nn3c(C)cc(C)nc23)cc1.CCc1nn2c(C)cc(C)nc2c1Cc1ccc(O)cc1. The van der Waals surface area contributed by atoms with Gasteiger partial charge in [0.05, 0.1) is 18.0 Å². The molecule has 2 aromatic carbocycles. The van der Waals surface area contributed by atoms with Gasteiger partial charge in [0.2, 0.25) is 0 Å². The van der Waals surface area contributed by atoms with E-state index < -0.39 is 0 Å². The molecule has 6 aromatic rings. The van der Waals surface area contributed by atoms with Crippen molar-refractivity contribution in [2.45, 2.75) is 81.1 Å². The maximum Gasteiger partial charge on any atom is 0.159 e. The molecule has 248 valence electrons. The molecule has 0 aliphatic rings. The van der Waals surface area contributed by atoms with Crippen molar-refractivity contribution < 1.29 is 14.9 Å². The molecule has 0 aliphatic heterocycles. The molecule has 9 nitrogen and oxygen atoms in total. The van der Waals surface area contributed by atoms with Crippen LogP contribution in [-0.2, 0) is 25.7 Å². The van der Waals surface area contributed by atoms with Crippen molar-refractivity contribution in [1.82, 2.24) is 29.2 Å². The second-order valence-corrected chi connectivity index (χ2v) is 11.5. The van der Waals surface area contributed by atoms with Crippen molar-refractivity contribution in [1.29, 1.82) is 0 Å². The first-order valence-corrected chi connectivity index (χ1v) is 16.4. The molecule has 47 heavy (non-hydrogen) atoms. The molecule has 9 heteroatoms. The summed E-state index contributed by atoms with van der Waals surface area (Å²) in [6.45, 7) is 17.1. The molecule has 0 atom stereocenters. The second-order valence-electron chi connectivity index (χ2n) is 11.5. The molecule has 4 heterocycles. The summed E-state index contributed by atoms with van der Waals surface area (Å²) in [5, 5.41) is 26.4. The van der Waals surface area contributed by atoms with E-state index >= 15 is 0 Å². The standard InChI is InChI=1S/C19H23N3O.C17H19N3O.C2H6O/c1-5-18-17(12-15-7-9-16(10-8-15)23-6-2)19-20-13(3)11-14(4)22(19)21-18;1-4-16-15(10-13-5-7-14(21)8-6-13)17-18-11(2)9-12(3)20(17)19-16;1-2-3/h7-11H,5-6,12H2,1-4H3;5-9,21H,4,10H2,1-3H3;3H,2H2,1H3. The lowest BCUT2D eigenvalue weighted by molar-refractivity contribution is 0.318. The van der Waals surface area contributed by atoms with E-state index in [0.717, 1.165) is 82.5 Å². The fourth-order valence-electron chi connectivity index (χ4n) is 5.64. The molecule has 0 bridgehead atoms. The number of aromatic nitrogens is 6. The Hall–Kier alpha value is -4.76. The minimum atomic E-state index is 0.250. The van der Waals surface area contributed by atoms with E-state index in [-0.39, 0.29) is 6.61 Å². The van der Waals surface area contributed by atoms with Crippen molar-refractivity contribution in [2.75, 3.05) is 13.2 Å². The van der Waals surface area contributed by atoms with Gasteiger partial charge in [-0.25, -0.2) is 19.0 Å². The molecule has 6 rings (SSSR count). The lowest BCUT2D eigenvalue weighted by atomic mass is 10.0. The third-order valence-electron chi connectivity index (χ3n) is 7.75. The summed E-state index contributed by atoms with van der Waals surface area (Å²) in [4.78, 5) is 9.39. The number of phenols is 1. The third kappa shape index (κ3) is 8.54. The first-order chi connectivity index (χ1) is 22.6. The minimum Gasteiger partial charge on any atom is -0.508 e. The number of hydrogen-bond donors (Lipinski definition) is 2. The Morgan fingerprint density at radius 1 is 0.638 bits per heavy atom. The van der Waals surface area contributed by atoms with Gasteiger partial charge in [-0.2, -0.15) is 10.2 Å². The average molecular weight is 637 g/mol. The molecule has 0 amide bonds. The highest BCUT2D eigenvalue weighted by Crippen LogP contribution is 2.24. The van der Waals surface area contributed by atoms with Crippen LogP contribution in [0.15, 0.2) is 60.7 Å². The molecule has 2 N–H and O–H groups in total. The molecule has 0 saturated heterocycles. The molecule has 0 saturated carbocycles. The van der Waals surface area contributed by atoms with E-state index in [1.165, 1.54) is 16.7 Å². The number of aromatic hydroxyl groups is 1. The Kier molecular flexibility index (Phi) is 12.1. The first kappa shape index (κ1) is 35.1. The number of nitrogens with zero attached hydrogens (tertiary/aromatic N) is 6. The zero-order chi connectivity index (χ0) is 34.1. The Morgan fingerprint density at radius 2 is 1.04 bits per heavy atom. The van der Waals surface area contributed by atoms with Gasteiger partial charge in [0.15, 0.2) is 11.3 Å². The Morgan fingerprint density at radius 3 is 1.43 bits per heavy atom. The summed E-state index contributed by atoms with van der Waals surface area (Å²) in [5.41, 5.74) is 13.2. The van der Waals surface area contributed by atoms with E-state index in [9.17, 15) is 5.11 Å². The van der Waals surface area contributed by atoms with Gasteiger partial charge in [-0.1, -0.05) is 38.1 Å². The lowest BCUT2D eigenvalue weighted by Gasteiger charge is -2.06. The van der Waals surface area contributed by atoms with Gasteiger partial charge >= 0.3 is 0 Å². The number of rotatable bonds is 8. The fraction of sp³-hybridized carbons (Fsp3) is 0.368. The van der Waals surface area contributed by atoms with Gasteiger partial charge in [0, 0.05) is 53.4 Å². The van der Waals surface area contributed by atoms with Crippen molar-refractivity contribution in [2.24, 2.45) is 0 Å². The Bertz CT molecular complexity index is 1910. The number of fused-ring (bicyclic) bond motifs is 2. The number of phenolic OH excluding ortho intramolecular Hbond substituents is 1. The Labute approximate surface area is 277 Å². The zero-order valence-corrected chi connectivity index (χ0v) is 29.0. The van der Waals surface area contributed by atoms with Crippen molar-refractivity contribution in [3.63, 3.8) is 0 Å². The third-order valence-corrected chi connectivity index (χ3v) is 7.75. The van der Waals surface area contributed by atoms with Gasteiger partial charge in [-0.05, 0) is 102 Å². The smallest absolute Gasteiger partial charge is 0.159 e. The van der Waals surface area contributed by atoms with Crippen molar-refractivity contribution >= 4 is 11.3 Å². The van der Waals surface area contributed by atoms with Crippen LogP contribution in [0.4, 0.5) is 0 Å². The summed E-state index contributed by atoms with van der Waals surface area (Å²) in [6, 6.07) is 19.7. The molecule has 0 unspecified atom stereocenters. The summed E-state index contributed by atoms with van der Waals surface area (Å²) >= 11 is 0. The molecule has 0 aliphatic carbocycles. The van der Waals surface area contributed by atoms with Crippen LogP contribution in [-0.4, -0.2) is 52.6 Å². The van der Waals surface area contributed by atoms with Crippen LogP contribution in [0.5, 0.6) is 11.5 Å². The van der Waals surface area contributed by atoms with Crippen LogP contribution in [0.25, 0.3) is 11.3 Å². The van der Waals surface area contributed by atoms with E-state index in [2.05, 4.69) is 50.9 Å². The molecule has 0 fully saturated rings. The van der Waals surface area contributed by atoms with Crippen LogP contribution in [0.3, 0.4) is 0 Å². The summed E-state index contributed by atoms with van der Waals surface area (Å²) < 4.78 is 9.41. The van der Waals surface area contributed by atoms with Gasteiger partial charge < -0.3 is 14.9 Å². The predicted molar refractivity (Wildman–Crippen MR) is 188 cm³/mol. The maximum atomic E-state index is 9.40. The number of hydrogen-bond acceptors (Lipinski definition) is 7. The number of benzene rings is 2. The van der Waals surface area contributed by atoms with Gasteiger partial charge in [0.25, 0.3) is 0 Å². The number of aliphatic hydroxyl groups excluding tert-OH is 1. The van der Waals surface area contributed by atoms with E-state index in [0.29, 0.717) is 12.4 Å². The second kappa shape index (κ2) is 16.2. The van der Waals surface area contributed by atoms with Gasteiger partial charge in [0.1, 0.15) is 11.5 Å². The monoisotopic (exact) mass is 636 g/mol. The topological polar surface area (TPSA) is 110 Å². The van der Waals surface area contributed by atoms with E-state index in [1.807, 2.05) is 60.1 Å². The quantitative estimate of drug-likeness (QED) is 0.183. The summed E-state index contributed by atoms with van der Waals surface area (Å²) in [6.07, 6.45) is 3.42. The maximum absolute atomic E-state index is 9.40. The summed E-state index contributed by atoms with van der Waals surface area (Å²) in [7, 11) is 0. The van der Waals surface area contributed by atoms with Crippen LogP contribution >= 0.6 is 0 Å². The van der Waals surface area contributed by atoms with E-state index in [1.54, 1.807) is 19.1 Å². The van der Waals surface area contributed by atoms with Crippen LogP contribution in [0.2, 0.25) is 0 Å². The van der Waals surface area contributed by atoms with Gasteiger partial charge in [-0.3, -0.25) is 0 Å². The number of aliphatic hydroxyl groups is 1. The Balaban J connectivity index is 0.000000197. The lowest BCUT2D eigenvalue weighted by Crippen LogP contribution is -1.98. The van der Waals surface area contributed by atoms with Crippen LogP contribution in [0, 0.1) is 27.7 Å². The average Bonchev–Trinajstić information content (AvgIpc) is 3.58. The van der Waals surface area contributed by atoms with Crippen molar-refractivity contribution in [3.05, 3.63) is 117 Å². The number of ether oxygens (including phenoxy) is 1. The molecular formula is C38H48N6O3. The zero-order valence-electron chi connectivity index (χ0n) is 29.0. The fourth-order valence-corrected chi connectivity index (χ4v) is 5.64. The largest absolute Gasteiger partial charge is 0.508 e. The highest BCUT2D eigenvalue weighted by Gasteiger charge is 2.16. The van der Waals surface area contributed by atoms with Crippen LogP contribution < -0.4 is 4.74 Å². The van der Waals surface area contributed by atoms with Crippen molar-refractivity contribution in [3.8, 4) is 11.5 Å². The molecule has 0 spiro atoms. The normalized spacial score (nSPS) is 10.8. The minimum absolute atomic E-state index is 0.250. The van der Waals surface area contributed by atoms with Gasteiger partial charge in [-0.15, -0.1) is 0 Å². The highest BCUT2D eigenvalue weighted by molar-refractivity contribution is 5.55. The summed E-state index contributed by atoms with van der Waals surface area (Å²) in [5.74, 6) is 1.20. The first-order valence-electron chi connectivity index (χ1n) is 16.4. The molecular weight excluding hydrogens is 588 g/mol. The van der Waals surface area contributed by atoms with Crippen LogP contribution in [0.1, 0.15) is 84.1 Å². The molecule has 0 radical (unpaired) electrons. The number of aryl methyl sites for hydroxylation is 6. The predicted octanol–water partition coefficient (Wildman–Crippen LogP) is 7.10.